The lowest BCUT2D eigenvalue weighted by atomic mass is 9.97. The average molecular weight is 1000 g/mol. The third-order valence-electron chi connectivity index (χ3n) is 14.5. The van der Waals surface area contributed by atoms with Crippen molar-refractivity contribution < 1.29 is 64.6 Å². The van der Waals surface area contributed by atoms with E-state index >= 15 is 0 Å². The summed E-state index contributed by atoms with van der Waals surface area (Å²) in [5.41, 5.74) is 0. The first-order valence-electron chi connectivity index (χ1n) is 28.9. The van der Waals surface area contributed by atoms with Crippen LogP contribution in [0.3, 0.4) is 0 Å². The van der Waals surface area contributed by atoms with Gasteiger partial charge in [-0.25, -0.2) is 0 Å². The highest BCUT2D eigenvalue weighted by atomic mass is 16.7. The maximum absolute atomic E-state index is 13.1. The summed E-state index contributed by atoms with van der Waals surface area (Å²) >= 11 is 0. The second-order valence-electron chi connectivity index (χ2n) is 20.8. The van der Waals surface area contributed by atoms with Gasteiger partial charge in [0.1, 0.15) is 48.8 Å². The Balaban J connectivity index is 1.67. The first kappa shape index (κ1) is 64.8. The van der Waals surface area contributed by atoms with Gasteiger partial charge < -0.3 is 65.1 Å². The number of carbonyl (C=O) groups excluding carboxylic acids is 1. The van der Waals surface area contributed by atoms with Crippen LogP contribution in [-0.2, 0) is 23.7 Å². The van der Waals surface area contributed by atoms with Crippen LogP contribution in [0.25, 0.3) is 0 Å². The van der Waals surface area contributed by atoms with Crippen molar-refractivity contribution in [2.24, 2.45) is 0 Å². The topological polar surface area (TPSA) is 228 Å². The molecular weight excluding hydrogens is 895 g/mol. The minimum atomic E-state index is -1.78. The number of nitrogens with one attached hydrogen (secondary N) is 1. The van der Waals surface area contributed by atoms with Gasteiger partial charge in [-0.15, -0.1) is 0 Å². The lowest BCUT2D eigenvalue weighted by molar-refractivity contribution is -0.359. The molecule has 2 rings (SSSR count). The van der Waals surface area contributed by atoms with Crippen molar-refractivity contribution in [3.63, 3.8) is 0 Å². The normalized spacial score (nSPS) is 26.0. The number of ether oxygens (including phenoxy) is 4. The standard InChI is InChI=1S/C56H107NO13/c1-3-5-7-9-11-13-14-15-16-17-18-19-20-21-22-23-24-25-26-27-28-29-30-31-32-33-35-37-39-45(60)44(57-48(61)40-38-36-34-12-10-8-6-4-2)43-67-55-53(66)51(64)54(47(42-59)69-55)70-56-52(65)50(63)49(62)46(41-58)68-56/h37,39,44-47,49-56,58-60,62-66H,3-36,38,40-43H2,1-2H3,(H,57,61)/b39-37+. The number of rotatable bonds is 46. The first-order chi connectivity index (χ1) is 34.1. The predicted molar refractivity (Wildman–Crippen MR) is 277 cm³/mol. The van der Waals surface area contributed by atoms with Gasteiger partial charge in [0.05, 0.1) is 32.0 Å². The van der Waals surface area contributed by atoms with Crippen molar-refractivity contribution in [1.29, 1.82) is 0 Å². The van der Waals surface area contributed by atoms with E-state index in [2.05, 4.69) is 19.2 Å². The Labute approximate surface area is 425 Å². The van der Waals surface area contributed by atoms with E-state index in [-0.39, 0.29) is 18.9 Å². The van der Waals surface area contributed by atoms with E-state index in [0.29, 0.717) is 6.42 Å². The van der Waals surface area contributed by atoms with E-state index in [9.17, 15) is 45.6 Å². The van der Waals surface area contributed by atoms with Crippen molar-refractivity contribution >= 4 is 5.91 Å². The minimum absolute atomic E-state index is 0.242. The third kappa shape index (κ3) is 29.0. The molecule has 0 aromatic carbocycles. The molecule has 0 aliphatic carbocycles. The molecule has 1 amide bonds. The van der Waals surface area contributed by atoms with Gasteiger partial charge in [0.25, 0.3) is 0 Å². The molecule has 0 aromatic heterocycles. The first-order valence-corrected chi connectivity index (χ1v) is 28.9. The molecule has 70 heavy (non-hydrogen) atoms. The van der Waals surface area contributed by atoms with Gasteiger partial charge in [0.15, 0.2) is 12.6 Å². The van der Waals surface area contributed by atoms with Crippen molar-refractivity contribution in [2.45, 2.75) is 319 Å². The number of unbranched alkanes of at least 4 members (excludes halogenated alkanes) is 33. The van der Waals surface area contributed by atoms with Crippen LogP contribution in [-0.4, -0.2) is 140 Å². The summed E-state index contributed by atoms with van der Waals surface area (Å²) in [6, 6.07) is -0.907. The largest absolute Gasteiger partial charge is 0.394 e. The molecule has 0 saturated carbocycles. The number of aliphatic hydroxyl groups is 8. The molecule has 12 unspecified atom stereocenters. The zero-order valence-corrected chi connectivity index (χ0v) is 44.3. The van der Waals surface area contributed by atoms with Crippen molar-refractivity contribution in [3.8, 4) is 0 Å². The van der Waals surface area contributed by atoms with Gasteiger partial charge in [-0.3, -0.25) is 4.79 Å². The zero-order chi connectivity index (χ0) is 51.0. The molecule has 2 heterocycles. The van der Waals surface area contributed by atoms with Gasteiger partial charge in [0.2, 0.25) is 5.91 Å². The van der Waals surface area contributed by atoms with E-state index < -0.39 is 86.8 Å². The molecule has 14 nitrogen and oxygen atoms in total. The predicted octanol–water partition coefficient (Wildman–Crippen LogP) is 9.11. The number of aliphatic hydroxyl groups excluding tert-OH is 8. The summed E-state index contributed by atoms with van der Waals surface area (Å²) in [6.45, 7) is 2.77. The fourth-order valence-corrected chi connectivity index (χ4v) is 9.76. The van der Waals surface area contributed by atoms with Crippen LogP contribution in [0.4, 0.5) is 0 Å². The summed E-state index contributed by atoms with van der Waals surface area (Å²) in [6.07, 6.45) is 31.5. The minimum Gasteiger partial charge on any atom is -0.394 e. The zero-order valence-electron chi connectivity index (χ0n) is 44.3. The van der Waals surface area contributed by atoms with Crippen LogP contribution in [0.5, 0.6) is 0 Å². The molecule has 0 spiro atoms. The summed E-state index contributed by atoms with van der Waals surface area (Å²) in [4.78, 5) is 13.1. The molecule has 0 bridgehead atoms. The van der Waals surface area contributed by atoms with Crippen LogP contribution < -0.4 is 5.32 Å². The second kappa shape index (κ2) is 43.0. The van der Waals surface area contributed by atoms with Crippen molar-refractivity contribution in [1.82, 2.24) is 5.32 Å². The Morgan fingerprint density at radius 1 is 0.500 bits per heavy atom. The maximum Gasteiger partial charge on any atom is 0.220 e. The van der Waals surface area contributed by atoms with Gasteiger partial charge in [-0.2, -0.15) is 0 Å². The van der Waals surface area contributed by atoms with E-state index in [4.69, 9.17) is 18.9 Å². The van der Waals surface area contributed by atoms with Crippen LogP contribution in [0.1, 0.15) is 245 Å². The van der Waals surface area contributed by atoms with Crippen LogP contribution in [0.15, 0.2) is 12.2 Å². The van der Waals surface area contributed by atoms with E-state index in [0.717, 1.165) is 38.5 Å². The molecule has 2 saturated heterocycles. The van der Waals surface area contributed by atoms with Gasteiger partial charge in [-0.1, -0.05) is 231 Å². The fraction of sp³-hybridized carbons (Fsp3) is 0.946. The Morgan fingerprint density at radius 3 is 1.31 bits per heavy atom. The van der Waals surface area contributed by atoms with E-state index in [1.165, 1.54) is 180 Å². The van der Waals surface area contributed by atoms with Crippen LogP contribution in [0.2, 0.25) is 0 Å². The van der Waals surface area contributed by atoms with Gasteiger partial charge >= 0.3 is 0 Å². The maximum atomic E-state index is 13.1. The van der Waals surface area contributed by atoms with Crippen LogP contribution >= 0.6 is 0 Å². The summed E-state index contributed by atoms with van der Waals surface area (Å²) < 4.78 is 22.7. The number of amides is 1. The number of carbonyl (C=O) groups is 1. The third-order valence-corrected chi connectivity index (χ3v) is 14.5. The highest BCUT2D eigenvalue weighted by Gasteiger charge is 2.51. The highest BCUT2D eigenvalue weighted by molar-refractivity contribution is 5.76. The number of hydrogen-bond acceptors (Lipinski definition) is 13. The number of allylic oxidation sites excluding steroid dienone is 1. The Morgan fingerprint density at radius 2 is 0.886 bits per heavy atom. The van der Waals surface area contributed by atoms with Gasteiger partial charge in [-0.05, 0) is 19.3 Å². The summed E-state index contributed by atoms with van der Waals surface area (Å²) in [7, 11) is 0. The monoisotopic (exact) mass is 1000 g/mol. The molecule has 2 aliphatic rings. The van der Waals surface area contributed by atoms with Crippen molar-refractivity contribution in [3.05, 3.63) is 12.2 Å². The molecule has 0 aromatic rings. The van der Waals surface area contributed by atoms with Crippen molar-refractivity contribution in [2.75, 3.05) is 19.8 Å². The lowest BCUT2D eigenvalue weighted by Crippen LogP contribution is -2.65. The summed E-state index contributed by atoms with van der Waals surface area (Å²) in [5.74, 6) is -0.242. The molecule has 414 valence electrons. The average Bonchev–Trinajstić information content (AvgIpc) is 3.36. The molecule has 2 aliphatic heterocycles. The Kier molecular flexibility index (Phi) is 39.9. The Hall–Kier alpha value is -1.27. The second-order valence-corrected chi connectivity index (χ2v) is 20.8. The summed E-state index contributed by atoms with van der Waals surface area (Å²) in [5, 5.41) is 86.7. The highest BCUT2D eigenvalue weighted by Crippen LogP contribution is 2.30. The lowest BCUT2D eigenvalue weighted by Gasteiger charge is -2.46. The molecule has 12 atom stereocenters. The van der Waals surface area contributed by atoms with Crippen LogP contribution in [0, 0.1) is 0 Å². The molecule has 14 heteroatoms. The van der Waals surface area contributed by atoms with Gasteiger partial charge in [0, 0.05) is 6.42 Å². The fourth-order valence-electron chi connectivity index (χ4n) is 9.76. The quantitative estimate of drug-likeness (QED) is 0.0205. The smallest absolute Gasteiger partial charge is 0.220 e. The molecular formula is C56H107NO13. The molecule has 9 N–H and O–H groups in total. The Bertz CT molecular complexity index is 1230. The molecule has 0 radical (unpaired) electrons. The van der Waals surface area contributed by atoms with E-state index in [1.807, 2.05) is 6.08 Å². The number of hydrogen-bond donors (Lipinski definition) is 9. The van der Waals surface area contributed by atoms with E-state index in [1.54, 1.807) is 6.08 Å². The SMILES string of the molecule is CCCCCCCCCCCCCCCCCCCCCCCCCCCC/C=C/C(O)C(COC1OC(CO)C(OC2OC(CO)C(O)C(O)C2O)C(O)C1O)NC(=O)CCCCCCCCCC. The molecule has 2 fully saturated rings.